The fourth-order valence-electron chi connectivity index (χ4n) is 2.09. The summed E-state index contributed by atoms with van der Waals surface area (Å²) in [6.07, 6.45) is 0.737. The van der Waals surface area contributed by atoms with Gasteiger partial charge in [-0.05, 0) is 47.0 Å². The Morgan fingerprint density at radius 3 is 2.47 bits per heavy atom. The summed E-state index contributed by atoms with van der Waals surface area (Å²) in [6.45, 7) is 1.94. The number of hydrogen-bond donors (Lipinski definition) is 1. The van der Waals surface area contributed by atoms with E-state index in [-0.39, 0.29) is 0 Å². The van der Waals surface area contributed by atoms with Crippen LogP contribution in [0.4, 0.5) is 0 Å². The highest BCUT2D eigenvalue weighted by Crippen LogP contribution is 2.22. The van der Waals surface area contributed by atoms with E-state index in [1.165, 1.54) is 0 Å². The third kappa shape index (κ3) is 3.59. The number of aliphatic hydroxyl groups is 1. The van der Waals surface area contributed by atoms with Gasteiger partial charge in [0, 0.05) is 18.5 Å². The highest BCUT2D eigenvalue weighted by Gasteiger charge is 2.15. The van der Waals surface area contributed by atoms with Crippen LogP contribution < -0.4 is 0 Å². The van der Waals surface area contributed by atoms with E-state index in [0.29, 0.717) is 17.9 Å². The van der Waals surface area contributed by atoms with Crippen molar-refractivity contribution in [3.8, 4) is 0 Å². The minimum Gasteiger partial charge on any atom is -0.392 e. The van der Waals surface area contributed by atoms with E-state index in [1.807, 2.05) is 42.9 Å². The molecule has 0 saturated heterocycles. The predicted octanol–water partition coefficient (Wildman–Crippen LogP) is 3.29. The molecule has 0 aliphatic carbocycles. The van der Waals surface area contributed by atoms with Crippen molar-refractivity contribution in [3.05, 3.63) is 50.7 Å². The maximum absolute atomic E-state index is 10.2. The number of aromatic nitrogens is 2. The molecule has 2 aromatic rings. The zero-order valence-corrected chi connectivity index (χ0v) is 13.2. The third-order valence-electron chi connectivity index (χ3n) is 3.08. The fourth-order valence-corrected chi connectivity index (χ4v) is 2.71. The van der Waals surface area contributed by atoms with Crippen LogP contribution in [0.5, 0.6) is 0 Å². The molecular weight excluding hydrogens is 328 g/mol. The van der Waals surface area contributed by atoms with E-state index < -0.39 is 6.10 Å². The molecule has 3 nitrogen and oxygen atoms in total. The molecule has 0 amide bonds. The van der Waals surface area contributed by atoms with Crippen molar-refractivity contribution >= 4 is 27.5 Å². The Bertz CT molecular complexity index is 566. The average Bonchev–Trinajstić information content (AvgIpc) is 2.59. The first kappa shape index (κ1) is 14.6. The molecule has 19 heavy (non-hydrogen) atoms. The second kappa shape index (κ2) is 6.07. The van der Waals surface area contributed by atoms with Crippen LogP contribution in [0.1, 0.15) is 17.0 Å². The largest absolute Gasteiger partial charge is 0.392 e. The number of nitrogens with zero attached hydrogens (tertiary/aromatic N) is 2. The summed E-state index contributed by atoms with van der Waals surface area (Å²) in [5, 5.41) is 15.2. The zero-order valence-electron chi connectivity index (χ0n) is 10.9. The SMILES string of the molecule is Cc1nn(C)c(CC(O)Cc2ccc(Cl)cc2)c1Br. The normalized spacial score (nSPS) is 12.7. The zero-order chi connectivity index (χ0) is 14.0. The smallest absolute Gasteiger partial charge is 0.0738 e. The monoisotopic (exact) mass is 342 g/mol. The molecule has 5 heteroatoms. The number of aryl methyl sites for hydroxylation is 2. The highest BCUT2D eigenvalue weighted by atomic mass is 79.9. The summed E-state index contributed by atoms with van der Waals surface area (Å²) in [6, 6.07) is 7.56. The summed E-state index contributed by atoms with van der Waals surface area (Å²) in [5.74, 6) is 0. The lowest BCUT2D eigenvalue weighted by Gasteiger charge is -2.11. The van der Waals surface area contributed by atoms with Crippen LogP contribution in [-0.2, 0) is 19.9 Å². The molecule has 0 aliphatic rings. The Balaban J connectivity index is 2.05. The Labute approximate surface area is 126 Å². The van der Waals surface area contributed by atoms with Crippen molar-refractivity contribution in [3.63, 3.8) is 0 Å². The van der Waals surface area contributed by atoms with Gasteiger partial charge in [0.15, 0.2) is 0 Å². The second-order valence-corrected chi connectivity index (χ2v) is 5.89. The van der Waals surface area contributed by atoms with E-state index >= 15 is 0 Å². The fraction of sp³-hybridized carbons (Fsp3) is 0.357. The Kier molecular flexibility index (Phi) is 4.66. The van der Waals surface area contributed by atoms with Gasteiger partial charge in [0.25, 0.3) is 0 Å². The molecule has 0 bridgehead atoms. The van der Waals surface area contributed by atoms with Crippen LogP contribution in [0.3, 0.4) is 0 Å². The standard InChI is InChI=1S/C14H16BrClN2O/c1-9-14(15)13(18(2)17-9)8-12(19)7-10-3-5-11(16)6-4-10/h3-6,12,19H,7-8H2,1-2H3. The first-order valence-corrected chi connectivity index (χ1v) is 7.25. The lowest BCUT2D eigenvalue weighted by Crippen LogP contribution is -2.16. The number of benzene rings is 1. The maximum atomic E-state index is 10.2. The topological polar surface area (TPSA) is 38.0 Å². The van der Waals surface area contributed by atoms with Gasteiger partial charge in [0.05, 0.1) is 22.0 Å². The van der Waals surface area contributed by atoms with Gasteiger partial charge in [-0.3, -0.25) is 4.68 Å². The van der Waals surface area contributed by atoms with E-state index in [2.05, 4.69) is 21.0 Å². The van der Waals surface area contributed by atoms with Crippen molar-refractivity contribution in [2.45, 2.75) is 25.9 Å². The Morgan fingerprint density at radius 1 is 1.32 bits per heavy atom. The van der Waals surface area contributed by atoms with Gasteiger partial charge >= 0.3 is 0 Å². The summed E-state index contributed by atoms with van der Waals surface area (Å²) < 4.78 is 2.79. The summed E-state index contributed by atoms with van der Waals surface area (Å²) in [4.78, 5) is 0. The van der Waals surface area contributed by atoms with E-state index in [0.717, 1.165) is 21.4 Å². The van der Waals surface area contributed by atoms with Crippen molar-refractivity contribution in [2.75, 3.05) is 0 Å². The molecule has 102 valence electrons. The van der Waals surface area contributed by atoms with Crippen LogP contribution in [0.2, 0.25) is 5.02 Å². The average molecular weight is 344 g/mol. The van der Waals surface area contributed by atoms with Crippen molar-refractivity contribution in [1.82, 2.24) is 9.78 Å². The highest BCUT2D eigenvalue weighted by molar-refractivity contribution is 9.10. The van der Waals surface area contributed by atoms with Gasteiger partial charge in [-0.2, -0.15) is 5.10 Å². The maximum Gasteiger partial charge on any atom is 0.0738 e. The lowest BCUT2D eigenvalue weighted by molar-refractivity contribution is 0.172. The first-order valence-electron chi connectivity index (χ1n) is 6.08. The Hall–Kier alpha value is -0.840. The van der Waals surface area contributed by atoms with Crippen molar-refractivity contribution in [1.29, 1.82) is 0 Å². The van der Waals surface area contributed by atoms with Gasteiger partial charge in [-0.15, -0.1) is 0 Å². The molecule has 1 N–H and O–H groups in total. The molecular formula is C14H16BrClN2O. The summed E-state index contributed by atoms with van der Waals surface area (Å²) in [7, 11) is 1.89. The Morgan fingerprint density at radius 2 is 1.95 bits per heavy atom. The molecule has 0 spiro atoms. The van der Waals surface area contributed by atoms with Gasteiger partial charge in [-0.1, -0.05) is 23.7 Å². The number of rotatable bonds is 4. The molecule has 0 radical (unpaired) electrons. The molecule has 1 aromatic heterocycles. The molecule has 0 saturated carbocycles. The van der Waals surface area contributed by atoms with E-state index in [1.54, 1.807) is 0 Å². The first-order chi connectivity index (χ1) is 8.97. The molecule has 2 rings (SSSR count). The minimum atomic E-state index is -0.438. The molecule has 1 atom stereocenters. The predicted molar refractivity (Wildman–Crippen MR) is 80.5 cm³/mol. The molecule has 1 heterocycles. The van der Waals surface area contributed by atoms with E-state index in [9.17, 15) is 5.11 Å². The summed E-state index contributed by atoms with van der Waals surface area (Å²) in [5.41, 5.74) is 3.03. The van der Waals surface area contributed by atoms with Gasteiger partial charge in [0.2, 0.25) is 0 Å². The van der Waals surface area contributed by atoms with Crippen molar-refractivity contribution < 1.29 is 5.11 Å². The number of aliphatic hydroxyl groups excluding tert-OH is 1. The lowest BCUT2D eigenvalue weighted by atomic mass is 10.0. The molecule has 0 fully saturated rings. The molecule has 0 aliphatic heterocycles. The summed E-state index contributed by atoms with van der Waals surface area (Å²) >= 11 is 9.35. The number of hydrogen-bond acceptors (Lipinski definition) is 2. The van der Waals surface area contributed by atoms with E-state index in [4.69, 9.17) is 11.6 Å². The van der Waals surface area contributed by atoms with Gasteiger partial charge in [0.1, 0.15) is 0 Å². The minimum absolute atomic E-state index is 0.438. The van der Waals surface area contributed by atoms with Crippen LogP contribution in [0.25, 0.3) is 0 Å². The third-order valence-corrected chi connectivity index (χ3v) is 4.36. The van der Waals surface area contributed by atoms with Gasteiger partial charge < -0.3 is 5.11 Å². The second-order valence-electron chi connectivity index (χ2n) is 4.66. The quantitative estimate of drug-likeness (QED) is 0.925. The van der Waals surface area contributed by atoms with Crippen LogP contribution >= 0.6 is 27.5 Å². The van der Waals surface area contributed by atoms with Gasteiger partial charge in [-0.25, -0.2) is 0 Å². The van der Waals surface area contributed by atoms with Crippen LogP contribution in [0.15, 0.2) is 28.7 Å². The van der Waals surface area contributed by atoms with Crippen molar-refractivity contribution in [2.24, 2.45) is 7.05 Å². The molecule has 1 unspecified atom stereocenters. The molecule has 1 aromatic carbocycles. The van der Waals surface area contributed by atoms with Crippen LogP contribution in [-0.4, -0.2) is 21.0 Å². The van der Waals surface area contributed by atoms with Crippen LogP contribution in [0, 0.1) is 6.92 Å². The number of halogens is 2.